The van der Waals surface area contributed by atoms with Gasteiger partial charge in [0.25, 0.3) is 11.8 Å². The van der Waals surface area contributed by atoms with E-state index in [0.717, 1.165) is 30.5 Å². The van der Waals surface area contributed by atoms with Gasteiger partial charge in [-0.2, -0.15) is 5.10 Å². The fourth-order valence-corrected chi connectivity index (χ4v) is 2.58. The molecule has 1 aromatic carbocycles. The van der Waals surface area contributed by atoms with Crippen molar-refractivity contribution >= 4 is 11.6 Å². The molecule has 5 heteroatoms. The van der Waals surface area contributed by atoms with Gasteiger partial charge in [0.1, 0.15) is 5.56 Å². The summed E-state index contributed by atoms with van der Waals surface area (Å²) in [5.41, 5.74) is 2.35. The molecule has 0 fully saturated rings. The van der Waals surface area contributed by atoms with E-state index in [1.165, 1.54) is 6.20 Å². The summed E-state index contributed by atoms with van der Waals surface area (Å²) in [5.74, 6) is 0.843. The SMILES string of the molecule is CCCCCN1C(=O)c2ccnnc2Oc2ccc(C)cc21. The molecule has 0 unspecified atom stereocenters. The van der Waals surface area contributed by atoms with Crippen LogP contribution >= 0.6 is 0 Å². The zero-order chi connectivity index (χ0) is 15.5. The Bertz CT molecular complexity index is 700. The Labute approximate surface area is 129 Å². The second kappa shape index (κ2) is 6.13. The Morgan fingerprint density at radius 1 is 1.23 bits per heavy atom. The average Bonchev–Trinajstić information content (AvgIpc) is 2.64. The molecule has 0 saturated carbocycles. The van der Waals surface area contributed by atoms with E-state index in [4.69, 9.17) is 4.74 Å². The van der Waals surface area contributed by atoms with Crippen LogP contribution in [0, 0.1) is 6.92 Å². The third kappa shape index (κ3) is 2.66. The molecule has 3 rings (SSSR count). The summed E-state index contributed by atoms with van der Waals surface area (Å²) in [5, 5.41) is 7.78. The van der Waals surface area contributed by atoms with Crippen LogP contribution in [0.1, 0.15) is 42.1 Å². The standard InChI is InChI=1S/C17H19N3O2/c1-3-4-5-10-20-14-11-12(2)6-7-15(14)22-16-13(17(20)21)8-9-18-19-16/h6-9,11H,3-5,10H2,1-2H3. The van der Waals surface area contributed by atoms with Crippen LogP contribution in [0.15, 0.2) is 30.5 Å². The largest absolute Gasteiger partial charge is 0.435 e. The molecule has 1 amide bonds. The van der Waals surface area contributed by atoms with Crippen molar-refractivity contribution in [3.05, 3.63) is 41.6 Å². The lowest BCUT2D eigenvalue weighted by molar-refractivity contribution is 0.0986. The molecule has 22 heavy (non-hydrogen) atoms. The lowest BCUT2D eigenvalue weighted by Crippen LogP contribution is -2.31. The van der Waals surface area contributed by atoms with Gasteiger partial charge in [0.15, 0.2) is 5.75 Å². The number of hydrogen-bond acceptors (Lipinski definition) is 4. The van der Waals surface area contributed by atoms with Crippen molar-refractivity contribution < 1.29 is 9.53 Å². The van der Waals surface area contributed by atoms with Crippen LogP contribution < -0.4 is 9.64 Å². The fourth-order valence-electron chi connectivity index (χ4n) is 2.58. The first-order chi connectivity index (χ1) is 10.7. The topological polar surface area (TPSA) is 55.3 Å². The normalized spacial score (nSPS) is 13.2. The number of hydrogen-bond donors (Lipinski definition) is 0. The Hall–Kier alpha value is -2.43. The van der Waals surface area contributed by atoms with E-state index in [-0.39, 0.29) is 11.8 Å². The van der Waals surface area contributed by atoms with Crippen LogP contribution in [0.5, 0.6) is 11.6 Å². The van der Waals surface area contributed by atoms with E-state index in [0.29, 0.717) is 17.9 Å². The number of benzene rings is 1. The second-order valence-corrected chi connectivity index (χ2v) is 5.49. The van der Waals surface area contributed by atoms with Crippen LogP contribution in [0.3, 0.4) is 0 Å². The number of rotatable bonds is 4. The average molecular weight is 297 g/mol. The van der Waals surface area contributed by atoms with Gasteiger partial charge in [-0.3, -0.25) is 4.79 Å². The van der Waals surface area contributed by atoms with Crippen LogP contribution in [0.4, 0.5) is 5.69 Å². The highest BCUT2D eigenvalue weighted by molar-refractivity contribution is 6.09. The van der Waals surface area contributed by atoms with Crippen molar-refractivity contribution in [2.45, 2.75) is 33.1 Å². The first kappa shape index (κ1) is 14.5. The fraction of sp³-hybridized carbons (Fsp3) is 0.353. The minimum absolute atomic E-state index is 0.0784. The Balaban J connectivity index is 2.06. The molecule has 5 nitrogen and oxygen atoms in total. The number of nitrogens with zero attached hydrogens (tertiary/aromatic N) is 3. The van der Waals surface area contributed by atoms with Crippen LogP contribution in [0.2, 0.25) is 0 Å². The van der Waals surface area contributed by atoms with Gasteiger partial charge in [-0.15, -0.1) is 5.10 Å². The zero-order valence-corrected chi connectivity index (χ0v) is 12.9. The van der Waals surface area contributed by atoms with Crippen molar-refractivity contribution in [2.24, 2.45) is 0 Å². The van der Waals surface area contributed by atoms with E-state index in [2.05, 4.69) is 17.1 Å². The molecular formula is C17H19N3O2. The van der Waals surface area contributed by atoms with Gasteiger partial charge in [-0.1, -0.05) is 25.8 Å². The lowest BCUT2D eigenvalue weighted by Gasteiger charge is -2.22. The predicted octanol–water partition coefficient (Wildman–Crippen LogP) is 3.73. The maximum Gasteiger partial charge on any atom is 0.264 e. The predicted molar refractivity (Wildman–Crippen MR) is 84.5 cm³/mol. The number of amides is 1. The molecule has 0 atom stereocenters. The molecule has 0 radical (unpaired) electrons. The molecule has 0 N–H and O–H groups in total. The minimum atomic E-state index is -0.0784. The summed E-state index contributed by atoms with van der Waals surface area (Å²) in [7, 11) is 0. The Kier molecular flexibility index (Phi) is 4.04. The highest BCUT2D eigenvalue weighted by atomic mass is 16.5. The maximum absolute atomic E-state index is 12.9. The van der Waals surface area contributed by atoms with Crippen molar-refractivity contribution in [1.29, 1.82) is 0 Å². The third-order valence-electron chi connectivity index (χ3n) is 3.76. The van der Waals surface area contributed by atoms with Gasteiger partial charge in [0, 0.05) is 6.54 Å². The molecule has 0 aliphatic carbocycles. The van der Waals surface area contributed by atoms with Gasteiger partial charge >= 0.3 is 0 Å². The minimum Gasteiger partial charge on any atom is -0.435 e. The summed E-state index contributed by atoms with van der Waals surface area (Å²) >= 11 is 0. The summed E-state index contributed by atoms with van der Waals surface area (Å²) in [4.78, 5) is 14.7. The number of aryl methyl sites for hydroxylation is 1. The van der Waals surface area contributed by atoms with Crippen molar-refractivity contribution in [1.82, 2.24) is 10.2 Å². The number of carbonyl (C=O) groups excluding carboxylic acids is 1. The van der Waals surface area contributed by atoms with E-state index in [1.807, 2.05) is 25.1 Å². The quantitative estimate of drug-likeness (QED) is 0.807. The summed E-state index contributed by atoms with van der Waals surface area (Å²) < 4.78 is 5.83. The van der Waals surface area contributed by atoms with E-state index in [1.54, 1.807) is 11.0 Å². The summed E-state index contributed by atoms with van der Waals surface area (Å²) in [6.45, 7) is 4.83. The van der Waals surface area contributed by atoms with Crippen LogP contribution in [0.25, 0.3) is 0 Å². The highest BCUT2D eigenvalue weighted by Crippen LogP contribution is 2.38. The first-order valence-electron chi connectivity index (χ1n) is 7.62. The Morgan fingerprint density at radius 2 is 2.09 bits per heavy atom. The molecule has 1 aliphatic rings. The number of carbonyl (C=O) groups is 1. The molecule has 2 aromatic rings. The van der Waals surface area contributed by atoms with Gasteiger partial charge in [-0.25, -0.2) is 0 Å². The summed E-state index contributed by atoms with van der Waals surface area (Å²) in [6, 6.07) is 7.50. The first-order valence-corrected chi connectivity index (χ1v) is 7.62. The molecular weight excluding hydrogens is 278 g/mol. The number of aromatic nitrogens is 2. The molecule has 2 heterocycles. The maximum atomic E-state index is 12.9. The highest BCUT2D eigenvalue weighted by Gasteiger charge is 2.28. The van der Waals surface area contributed by atoms with Crippen molar-refractivity contribution in [2.75, 3.05) is 11.4 Å². The number of fused-ring (bicyclic) bond motifs is 2. The molecule has 1 aliphatic heterocycles. The second-order valence-electron chi connectivity index (χ2n) is 5.49. The smallest absolute Gasteiger partial charge is 0.264 e. The third-order valence-corrected chi connectivity index (χ3v) is 3.76. The van der Waals surface area contributed by atoms with Gasteiger partial charge in [0.2, 0.25) is 0 Å². The number of unbranched alkanes of at least 4 members (excludes halogenated alkanes) is 2. The van der Waals surface area contributed by atoms with E-state index < -0.39 is 0 Å². The molecule has 1 aromatic heterocycles. The van der Waals surface area contributed by atoms with E-state index >= 15 is 0 Å². The van der Waals surface area contributed by atoms with Gasteiger partial charge < -0.3 is 9.64 Å². The van der Waals surface area contributed by atoms with Gasteiger partial charge in [-0.05, 0) is 37.1 Å². The number of ether oxygens (including phenoxy) is 1. The molecule has 0 bridgehead atoms. The van der Waals surface area contributed by atoms with Crippen molar-refractivity contribution in [3.63, 3.8) is 0 Å². The van der Waals surface area contributed by atoms with Gasteiger partial charge in [0.05, 0.1) is 11.9 Å². The van der Waals surface area contributed by atoms with E-state index in [9.17, 15) is 4.79 Å². The number of anilines is 1. The zero-order valence-electron chi connectivity index (χ0n) is 12.9. The van der Waals surface area contributed by atoms with Crippen LogP contribution in [-0.2, 0) is 0 Å². The van der Waals surface area contributed by atoms with Crippen LogP contribution in [-0.4, -0.2) is 22.6 Å². The lowest BCUT2D eigenvalue weighted by atomic mass is 10.1. The summed E-state index contributed by atoms with van der Waals surface area (Å²) in [6.07, 6.45) is 4.68. The Morgan fingerprint density at radius 3 is 2.91 bits per heavy atom. The monoisotopic (exact) mass is 297 g/mol. The molecule has 114 valence electrons. The van der Waals surface area contributed by atoms with Crippen molar-refractivity contribution in [3.8, 4) is 11.6 Å². The molecule has 0 saturated heterocycles. The molecule has 0 spiro atoms.